The summed E-state index contributed by atoms with van der Waals surface area (Å²) in [7, 11) is 0. The van der Waals surface area contributed by atoms with Crippen LogP contribution in [-0.4, -0.2) is 15.9 Å². The summed E-state index contributed by atoms with van der Waals surface area (Å²) in [5.74, 6) is -0.232. The van der Waals surface area contributed by atoms with Crippen LogP contribution >= 0.6 is 11.3 Å². The van der Waals surface area contributed by atoms with Gasteiger partial charge in [-0.15, -0.1) is 11.3 Å². The van der Waals surface area contributed by atoms with E-state index in [0.717, 1.165) is 28.9 Å². The van der Waals surface area contributed by atoms with E-state index >= 15 is 0 Å². The highest BCUT2D eigenvalue weighted by molar-refractivity contribution is 7.14. The molecule has 24 heavy (non-hydrogen) atoms. The number of carbonyl (C=O) groups is 1. The van der Waals surface area contributed by atoms with Crippen molar-refractivity contribution in [1.29, 1.82) is 0 Å². The van der Waals surface area contributed by atoms with E-state index in [9.17, 15) is 4.79 Å². The zero-order valence-electron chi connectivity index (χ0n) is 14.0. The monoisotopic (exact) mass is 337 g/mol. The number of nitrogens with one attached hydrogen (secondary N) is 1. The number of aryl methyl sites for hydroxylation is 3. The normalized spacial score (nSPS) is 10.6. The first-order valence-electron chi connectivity index (χ1n) is 7.86. The van der Waals surface area contributed by atoms with Crippen LogP contribution in [0.15, 0.2) is 41.8 Å². The molecular formula is C19H19N3OS. The molecule has 0 saturated heterocycles. The molecule has 2 heterocycles. The lowest BCUT2D eigenvalue weighted by atomic mass is 10.1. The Labute approximate surface area is 145 Å². The van der Waals surface area contributed by atoms with Gasteiger partial charge in [0, 0.05) is 16.6 Å². The minimum Gasteiger partial charge on any atom is -0.296 e. The molecule has 4 nitrogen and oxygen atoms in total. The van der Waals surface area contributed by atoms with Gasteiger partial charge in [0.15, 0.2) is 5.13 Å². The summed E-state index contributed by atoms with van der Waals surface area (Å²) in [6.07, 6.45) is 1.02. The van der Waals surface area contributed by atoms with Crippen molar-refractivity contribution in [2.24, 2.45) is 0 Å². The van der Waals surface area contributed by atoms with Gasteiger partial charge in [0.2, 0.25) is 0 Å². The molecule has 1 aromatic carbocycles. The zero-order chi connectivity index (χ0) is 17.1. The van der Waals surface area contributed by atoms with Crippen molar-refractivity contribution in [3.63, 3.8) is 0 Å². The number of aromatic nitrogens is 2. The fraction of sp³-hybridized carbons (Fsp3) is 0.211. The standard InChI is InChI=1S/C19H19N3OS/c1-4-14-5-7-15(8-6-14)17-11-24-19(21-17)22-18(23)16-10-12(2)9-13(3)20-16/h5-11H,4H2,1-3H3,(H,21,22,23). The van der Waals surface area contributed by atoms with Crippen LogP contribution in [0.2, 0.25) is 0 Å². The molecule has 2 aromatic heterocycles. The predicted octanol–water partition coefficient (Wildman–Crippen LogP) is 4.64. The SMILES string of the molecule is CCc1ccc(-c2csc(NC(=O)c3cc(C)cc(C)n3)n2)cc1. The van der Waals surface area contributed by atoms with Crippen LogP contribution in [-0.2, 0) is 6.42 Å². The maximum atomic E-state index is 12.3. The van der Waals surface area contributed by atoms with Gasteiger partial charge in [0.1, 0.15) is 5.69 Å². The fourth-order valence-corrected chi connectivity index (χ4v) is 3.21. The highest BCUT2D eigenvalue weighted by Gasteiger charge is 2.12. The molecule has 122 valence electrons. The Morgan fingerprint density at radius 3 is 2.54 bits per heavy atom. The molecule has 0 fully saturated rings. The lowest BCUT2D eigenvalue weighted by Crippen LogP contribution is -2.14. The van der Waals surface area contributed by atoms with E-state index in [-0.39, 0.29) is 5.91 Å². The highest BCUT2D eigenvalue weighted by atomic mass is 32.1. The molecule has 1 amide bonds. The van der Waals surface area contributed by atoms with E-state index in [4.69, 9.17) is 0 Å². The predicted molar refractivity (Wildman–Crippen MR) is 98.6 cm³/mol. The lowest BCUT2D eigenvalue weighted by molar-refractivity contribution is 0.102. The third-order valence-electron chi connectivity index (χ3n) is 3.71. The van der Waals surface area contributed by atoms with Crippen molar-refractivity contribution in [3.05, 3.63) is 64.3 Å². The van der Waals surface area contributed by atoms with Crippen molar-refractivity contribution in [2.45, 2.75) is 27.2 Å². The van der Waals surface area contributed by atoms with Crippen molar-refractivity contribution in [1.82, 2.24) is 9.97 Å². The van der Waals surface area contributed by atoms with E-state index < -0.39 is 0 Å². The fourth-order valence-electron chi connectivity index (χ4n) is 2.49. The van der Waals surface area contributed by atoms with Gasteiger partial charge in [-0.2, -0.15) is 0 Å². The molecule has 0 radical (unpaired) electrons. The molecule has 3 aromatic rings. The molecule has 0 bridgehead atoms. The van der Waals surface area contributed by atoms with E-state index in [2.05, 4.69) is 46.5 Å². The Bertz CT molecular complexity index is 848. The Morgan fingerprint density at radius 1 is 1.12 bits per heavy atom. The number of amides is 1. The second-order valence-electron chi connectivity index (χ2n) is 5.71. The average molecular weight is 337 g/mol. The third kappa shape index (κ3) is 3.68. The molecular weight excluding hydrogens is 318 g/mol. The number of rotatable bonds is 4. The Morgan fingerprint density at radius 2 is 1.88 bits per heavy atom. The summed E-state index contributed by atoms with van der Waals surface area (Å²) in [4.78, 5) is 21.1. The number of hydrogen-bond donors (Lipinski definition) is 1. The van der Waals surface area contributed by atoms with Crippen molar-refractivity contribution >= 4 is 22.4 Å². The largest absolute Gasteiger partial charge is 0.296 e. The summed E-state index contributed by atoms with van der Waals surface area (Å²) < 4.78 is 0. The van der Waals surface area contributed by atoms with Crippen LogP contribution in [0.25, 0.3) is 11.3 Å². The summed E-state index contributed by atoms with van der Waals surface area (Å²) in [6.45, 7) is 5.96. The maximum absolute atomic E-state index is 12.3. The number of anilines is 1. The van der Waals surface area contributed by atoms with Crippen molar-refractivity contribution in [2.75, 3.05) is 5.32 Å². The van der Waals surface area contributed by atoms with Crippen molar-refractivity contribution in [3.8, 4) is 11.3 Å². The highest BCUT2D eigenvalue weighted by Crippen LogP contribution is 2.25. The van der Waals surface area contributed by atoms with Gasteiger partial charge < -0.3 is 0 Å². The minimum atomic E-state index is -0.232. The van der Waals surface area contributed by atoms with Gasteiger partial charge in [-0.1, -0.05) is 31.2 Å². The molecule has 0 atom stereocenters. The topological polar surface area (TPSA) is 54.9 Å². The lowest BCUT2D eigenvalue weighted by Gasteiger charge is -2.04. The molecule has 0 aliphatic heterocycles. The van der Waals surface area contributed by atoms with E-state index in [1.54, 1.807) is 6.07 Å². The Hall–Kier alpha value is -2.53. The summed E-state index contributed by atoms with van der Waals surface area (Å²) in [5.41, 5.74) is 5.47. The van der Waals surface area contributed by atoms with Crippen LogP contribution in [0, 0.1) is 13.8 Å². The van der Waals surface area contributed by atoms with Gasteiger partial charge in [0.25, 0.3) is 5.91 Å². The second-order valence-corrected chi connectivity index (χ2v) is 6.57. The number of nitrogens with zero attached hydrogens (tertiary/aromatic N) is 2. The molecule has 0 spiro atoms. The molecule has 0 unspecified atom stereocenters. The van der Waals surface area contributed by atoms with Crippen LogP contribution < -0.4 is 5.32 Å². The number of thiazole rings is 1. The molecule has 0 aliphatic carbocycles. The quantitative estimate of drug-likeness (QED) is 0.755. The molecule has 1 N–H and O–H groups in total. The molecule has 3 rings (SSSR count). The van der Waals surface area contributed by atoms with Gasteiger partial charge in [-0.3, -0.25) is 10.1 Å². The summed E-state index contributed by atoms with van der Waals surface area (Å²) in [6, 6.07) is 12.0. The van der Waals surface area contributed by atoms with Crippen LogP contribution in [0.3, 0.4) is 0 Å². The zero-order valence-corrected chi connectivity index (χ0v) is 14.8. The molecule has 0 saturated carbocycles. The maximum Gasteiger partial charge on any atom is 0.276 e. The first kappa shape index (κ1) is 16.3. The van der Waals surface area contributed by atoms with Gasteiger partial charge in [0.05, 0.1) is 5.69 Å². The average Bonchev–Trinajstić information content (AvgIpc) is 3.02. The number of benzene rings is 1. The smallest absolute Gasteiger partial charge is 0.276 e. The number of carbonyl (C=O) groups excluding carboxylic acids is 1. The minimum absolute atomic E-state index is 0.232. The first-order chi connectivity index (χ1) is 11.5. The van der Waals surface area contributed by atoms with Crippen molar-refractivity contribution < 1.29 is 4.79 Å². The van der Waals surface area contributed by atoms with E-state index in [1.165, 1.54) is 16.9 Å². The Balaban J connectivity index is 1.76. The number of hydrogen-bond acceptors (Lipinski definition) is 4. The third-order valence-corrected chi connectivity index (χ3v) is 4.47. The van der Waals surface area contributed by atoms with Crippen LogP contribution in [0.5, 0.6) is 0 Å². The molecule has 5 heteroatoms. The van der Waals surface area contributed by atoms with E-state index in [0.29, 0.717) is 10.8 Å². The number of pyridine rings is 1. The summed E-state index contributed by atoms with van der Waals surface area (Å²) in [5, 5.41) is 5.36. The first-order valence-corrected chi connectivity index (χ1v) is 8.74. The van der Waals surface area contributed by atoms with Crippen LogP contribution in [0.4, 0.5) is 5.13 Å². The van der Waals surface area contributed by atoms with Gasteiger partial charge in [-0.05, 0) is 43.5 Å². The Kier molecular flexibility index (Phi) is 4.71. The second kappa shape index (κ2) is 6.93. The van der Waals surface area contributed by atoms with E-state index in [1.807, 2.05) is 25.3 Å². The molecule has 0 aliphatic rings. The van der Waals surface area contributed by atoms with Gasteiger partial charge in [-0.25, -0.2) is 9.97 Å². The van der Waals surface area contributed by atoms with Gasteiger partial charge >= 0.3 is 0 Å². The summed E-state index contributed by atoms with van der Waals surface area (Å²) >= 11 is 1.41. The van der Waals surface area contributed by atoms with Crippen LogP contribution in [0.1, 0.15) is 34.2 Å².